The Labute approximate surface area is 151 Å². The molecule has 1 aromatic carbocycles. The van der Waals surface area contributed by atoms with Crippen LogP contribution in [0.2, 0.25) is 0 Å². The van der Waals surface area contributed by atoms with E-state index in [-0.39, 0.29) is 5.91 Å². The van der Waals surface area contributed by atoms with Gasteiger partial charge in [0.25, 0.3) is 0 Å². The number of likely N-dealkylation sites (tertiary alicyclic amines) is 1. The minimum atomic E-state index is -0.284. The summed E-state index contributed by atoms with van der Waals surface area (Å²) >= 11 is 0. The van der Waals surface area contributed by atoms with Crippen LogP contribution in [0.5, 0.6) is 0 Å². The number of carbonyl (C=O) groups excluding carboxylic acids is 1. The maximum Gasteiger partial charge on any atom is 0.248 e. The Hall–Kier alpha value is -1.35. The fraction of sp³-hybridized carbons (Fsp3) is 0.682. The molecule has 2 saturated carbocycles. The van der Waals surface area contributed by atoms with Gasteiger partial charge in [0.2, 0.25) is 5.91 Å². The number of hydrogen-bond donors (Lipinski definition) is 1. The van der Waals surface area contributed by atoms with Crippen LogP contribution in [0.25, 0.3) is 0 Å². The maximum absolute atomic E-state index is 11.8. The fourth-order valence-electron chi connectivity index (χ4n) is 6.54. The summed E-state index contributed by atoms with van der Waals surface area (Å²) in [7, 11) is 0. The van der Waals surface area contributed by atoms with Crippen molar-refractivity contribution in [3.63, 3.8) is 0 Å². The maximum atomic E-state index is 11.8. The number of benzene rings is 1. The standard InChI is InChI=1S/C22H30N2O/c1-14(15-5-6-15)24-11-10-22-9-3-2-4-18(22)20(24)13-16-7-8-17(21(23)25)12-19(16)22/h7-8,12,14-15,18,20H,2-6,9-11,13H2,1H3,(H2,23,25)/t14?,18?,20-,22-/m1/s1. The molecule has 2 N–H and O–H groups in total. The highest BCUT2D eigenvalue weighted by atomic mass is 16.1. The van der Waals surface area contributed by atoms with Crippen molar-refractivity contribution in [1.82, 2.24) is 4.90 Å². The monoisotopic (exact) mass is 338 g/mol. The number of carbonyl (C=O) groups is 1. The first-order valence-corrected chi connectivity index (χ1v) is 10.3. The summed E-state index contributed by atoms with van der Waals surface area (Å²) in [6, 6.07) is 7.77. The van der Waals surface area contributed by atoms with Crippen molar-refractivity contribution < 1.29 is 4.79 Å². The number of nitrogens with zero attached hydrogens (tertiary/aromatic N) is 1. The molecule has 4 aliphatic rings. The lowest BCUT2D eigenvalue weighted by molar-refractivity contribution is -0.0343. The molecule has 2 bridgehead atoms. The van der Waals surface area contributed by atoms with Gasteiger partial charge in [-0.3, -0.25) is 9.69 Å². The van der Waals surface area contributed by atoms with Crippen molar-refractivity contribution in [2.45, 2.75) is 75.8 Å². The Morgan fingerprint density at radius 1 is 1.24 bits per heavy atom. The second kappa shape index (κ2) is 5.57. The highest BCUT2D eigenvalue weighted by Crippen LogP contribution is 2.56. The zero-order valence-corrected chi connectivity index (χ0v) is 15.3. The molecule has 3 aliphatic carbocycles. The van der Waals surface area contributed by atoms with Gasteiger partial charge in [-0.05, 0) is 87.1 Å². The smallest absolute Gasteiger partial charge is 0.248 e. The average Bonchev–Trinajstić information content (AvgIpc) is 3.46. The number of fused-ring (bicyclic) bond motifs is 1. The molecular formula is C22H30N2O. The van der Waals surface area contributed by atoms with E-state index in [4.69, 9.17) is 5.73 Å². The second-order valence-corrected chi connectivity index (χ2v) is 9.08. The van der Waals surface area contributed by atoms with Gasteiger partial charge in [0.15, 0.2) is 0 Å². The van der Waals surface area contributed by atoms with Gasteiger partial charge >= 0.3 is 0 Å². The molecule has 25 heavy (non-hydrogen) atoms. The molecule has 2 unspecified atom stereocenters. The van der Waals surface area contributed by atoms with Gasteiger partial charge in [-0.1, -0.05) is 18.9 Å². The third-order valence-electron chi connectivity index (χ3n) is 7.99. The van der Waals surface area contributed by atoms with Crippen LogP contribution in [0, 0.1) is 11.8 Å². The van der Waals surface area contributed by atoms with Gasteiger partial charge in [0.1, 0.15) is 0 Å². The first kappa shape index (κ1) is 15.9. The number of nitrogens with two attached hydrogens (primary N) is 1. The van der Waals surface area contributed by atoms with E-state index in [1.807, 2.05) is 6.07 Å². The molecule has 3 nitrogen and oxygen atoms in total. The molecule has 1 aliphatic heterocycles. The molecule has 0 aromatic heterocycles. The zero-order valence-electron chi connectivity index (χ0n) is 15.3. The largest absolute Gasteiger partial charge is 0.366 e. The van der Waals surface area contributed by atoms with E-state index in [0.29, 0.717) is 17.0 Å². The van der Waals surface area contributed by atoms with Crippen molar-refractivity contribution in [3.8, 4) is 0 Å². The van der Waals surface area contributed by atoms with Crippen molar-refractivity contribution in [3.05, 3.63) is 34.9 Å². The zero-order chi connectivity index (χ0) is 17.2. The highest BCUT2D eigenvalue weighted by molar-refractivity contribution is 5.93. The highest BCUT2D eigenvalue weighted by Gasteiger charge is 2.55. The molecule has 1 saturated heterocycles. The van der Waals surface area contributed by atoms with E-state index < -0.39 is 0 Å². The quantitative estimate of drug-likeness (QED) is 0.914. The van der Waals surface area contributed by atoms with Crippen LogP contribution in [0.1, 0.15) is 73.4 Å². The Kier molecular flexibility index (Phi) is 3.54. The van der Waals surface area contributed by atoms with Crippen LogP contribution in [-0.2, 0) is 11.8 Å². The number of hydrogen-bond acceptors (Lipinski definition) is 2. The first-order chi connectivity index (χ1) is 12.1. The van der Waals surface area contributed by atoms with E-state index in [0.717, 1.165) is 24.3 Å². The minimum absolute atomic E-state index is 0.284. The topological polar surface area (TPSA) is 46.3 Å². The lowest BCUT2D eigenvalue weighted by Crippen LogP contribution is -2.63. The van der Waals surface area contributed by atoms with Crippen molar-refractivity contribution in [1.29, 1.82) is 0 Å². The summed E-state index contributed by atoms with van der Waals surface area (Å²) in [6.45, 7) is 3.71. The number of rotatable bonds is 3. The van der Waals surface area contributed by atoms with E-state index in [2.05, 4.69) is 24.0 Å². The van der Waals surface area contributed by atoms with Gasteiger partial charge in [0.05, 0.1) is 0 Å². The molecule has 0 spiro atoms. The van der Waals surface area contributed by atoms with E-state index in [9.17, 15) is 4.79 Å². The number of piperidine rings is 1. The molecule has 5 rings (SSSR count). The lowest BCUT2D eigenvalue weighted by atomic mass is 9.52. The molecule has 1 amide bonds. The summed E-state index contributed by atoms with van der Waals surface area (Å²) in [6.07, 6.45) is 10.7. The van der Waals surface area contributed by atoms with Gasteiger partial charge in [0, 0.05) is 23.1 Å². The van der Waals surface area contributed by atoms with E-state index >= 15 is 0 Å². The molecule has 0 radical (unpaired) electrons. The van der Waals surface area contributed by atoms with Crippen molar-refractivity contribution in [2.75, 3.05) is 6.54 Å². The van der Waals surface area contributed by atoms with Crippen LogP contribution in [-0.4, -0.2) is 29.4 Å². The van der Waals surface area contributed by atoms with Gasteiger partial charge in [-0.15, -0.1) is 0 Å². The van der Waals surface area contributed by atoms with E-state index in [1.165, 1.54) is 62.6 Å². The average molecular weight is 338 g/mol. The van der Waals surface area contributed by atoms with Crippen molar-refractivity contribution in [2.24, 2.45) is 17.6 Å². The molecule has 4 atom stereocenters. The van der Waals surface area contributed by atoms with Crippen LogP contribution >= 0.6 is 0 Å². The van der Waals surface area contributed by atoms with Gasteiger partial charge in [-0.2, -0.15) is 0 Å². The summed E-state index contributed by atoms with van der Waals surface area (Å²) in [4.78, 5) is 14.6. The van der Waals surface area contributed by atoms with Crippen molar-refractivity contribution >= 4 is 5.91 Å². The molecule has 1 aromatic rings. The third-order valence-corrected chi connectivity index (χ3v) is 7.99. The predicted molar refractivity (Wildman–Crippen MR) is 99.6 cm³/mol. The Morgan fingerprint density at radius 2 is 2.08 bits per heavy atom. The van der Waals surface area contributed by atoms with Gasteiger partial charge < -0.3 is 5.73 Å². The first-order valence-electron chi connectivity index (χ1n) is 10.3. The van der Waals surface area contributed by atoms with Crippen LogP contribution in [0.4, 0.5) is 0 Å². The Bertz CT molecular complexity index is 710. The number of primary amides is 1. The lowest BCUT2D eigenvalue weighted by Gasteiger charge is -2.60. The normalized spacial score (nSPS) is 35.6. The number of amides is 1. The molecular weight excluding hydrogens is 308 g/mol. The summed E-state index contributed by atoms with van der Waals surface area (Å²) in [5, 5.41) is 0. The molecule has 3 fully saturated rings. The third kappa shape index (κ3) is 2.31. The molecule has 1 heterocycles. The fourth-order valence-corrected chi connectivity index (χ4v) is 6.54. The Morgan fingerprint density at radius 3 is 2.84 bits per heavy atom. The summed E-state index contributed by atoms with van der Waals surface area (Å²) in [5.74, 6) is 1.43. The van der Waals surface area contributed by atoms with Crippen LogP contribution in [0.15, 0.2) is 18.2 Å². The van der Waals surface area contributed by atoms with E-state index in [1.54, 1.807) is 0 Å². The van der Waals surface area contributed by atoms with Crippen LogP contribution < -0.4 is 5.73 Å². The predicted octanol–water partition coefficient (Wildman–Crippen LogP) is 3.64. The second-order valence-electron chi connectivity index (χ2n) is 9.08. The molecule has 3 heteroatoms. The van der Waals surface area contributed by atoms with Gasteiger partial charge in [-0.25, -0.2) is 0 Å². The SMILES string of the molecule is CC(C1CC1)N1CC[C@]23CCCCC2[C@H]1Cc1ccc(C(N)=O)cc13. The summed E-state index contributed by atoms with van der Waals surface area (Å²) in [5.41, 5.74) is 9.56. The minimum Gasteiger partial charge on any atom is -0.366 e. The Balaban J connectivity index is 1.59. The summed E-state index contributed by atoms with van der Waals surface area (Å²) < 4.78 is 0. The van der Waals surface area contributed by atoms with Crippen LogP contribution in [0.3, 0.4) is 0 Å². The molecule has 134 valence electrons.